The van der Waals surface area contributed by atoms with E-state index in [0.717, 1.165) is 32.4 Å². The first-order chi connectivity index (χ1) is 6.70. The second-order valence-electron chi connectivity index (χ2n) is 3.56. The van der Waals surface area contributed by atoms with Gasteiger partial charge >= 0.3 is 6.03 Å². The Balaban J connectivity index is 2.05. The first-order valence-corrected chi connectivity index (χ1v) is 6.75. The molecule has 0 saturated carbocycles. The Kier molecular flexibility index (Phi) is 4.93. The molecule has 1 unspecified atom stereocenters. The van der Waals surface area contributed by atoms with E-state index in [2.05, 4.69) is 5.32 Å². The molecule has 1 saturated heterocycles. The molecule has 1 atom stereocenters. The zero-order chi connectivity index (χ0) is 10.4. The molecule has 0 spiro atoms. The molecule has 0 radical (unpaired) electrons. The van der Waals surface area contributed by atoms with E-state index in [0.29, 0.717) is 12.3 Å². The quantitative estimate of drug-likeness (QED) is 0.701. The van der Waals surface area contributed by atoms with E-state index in [1.807, 2.05) is 4.90 Å². The lowest BCUT2D eigenvalue weighted by atomic mass is 10.4. The molecule has 0 aromatic heterocycles. The summed E-state index contributed by atoms with van der Waals surface area (Å²) in [7, 11) is -0.747. The van der Waals surface area contributed by atoms with Crippen LogP contribution in [0.5, 0.6) is 0 Å². The molecule has 0 aromatic carbocycles. The van der Waals surface area contributed by atoms with Gasteiger partial charge in [0.05, 0.1) is 0 Å². The highest BCUT2D eigenvalue weighted by molar-refractivity contribution is 7.84. The van der Waals surface area contributed by atoms with Crippen LogP contribution in [0, 0.1) is 0 Å². The van der Waals surface area contributed by atoms with Crippen LogP contribution >= 0.6 is 0 Å². The molecule has 14 heavy (non-hydrogen) atoms. The van der Waals surface area contributed by atoms with Gasteiger partial charge in [-0.25, -0.2) is 4.79 Å². The van der Waals surface area contributed by atoms with Crippen LogP contribution in [0.25, 0.3) is 0 Å². The molecule has 2 amide bonds. The number of hydrogen-bond donors (Lipinski definition) is 1. The number of carbonyl (C=O) groups is 1. The van der Waals surface area contributed by atoms with E-state index in [1.54, 1.807) is 6.26 Å². The van der Waals surface area contributed by atoms with Crippen molar-refractivity contribution in [2.24, 2.45) is 0 Å². The maximum atomic E-state index is 11.4. The first kappa shape index (κ1) is 11.5. The van der Waals surface area contributed by atoms with Gasteiger partial charge in [0.2, 0.25) is 0 Å². The van der Waals surface area contributed by atoms with Crippen molar-refractivity contribution in [3.8, 4) is 0 Å². The summed E-state index contributed by atoms with van der Waals surface area (Å²) < 4.78 is 10.7. The third-order valence-electron chi connectivity index (χ3n) is 2.28. The van der Waals surface area contributed by atoms with Gasteiger partial charge in [-0.05, 0) is 19.3 Å². The Hall–Kier alpha value is -0.580. The van der Waals surface area contributed by atoms with Gasteiger partial charge < -0.3 is 10.2 Å². The van der Waals surface area contributed by atoms with Crippen molar-refractivity contribution in [2.45, 2.75) is 19.3 Å². The topological polar surface area (TPSA) is 49.4 Å². The van der Waals surface area contributed by atoms with Crippen LogP contribution in [0.2, 0.25) is 0 Å². The number of nitrogens with one attached hydrogen (secondary N) is 1. The van der Waals surface area contributed by atoms with E-state index in [9.17, 15) is 9.00 Å². The van der Waals surface area contributed by atoms with Gasteiger partial charge in [-0.15, -0.1) is 0 Å². The van der Waals surface area contributed by atoms with Gasteiger partial charge in [-0.3, -0.25) is 4.21 Å². The summed E-state index contributed by atoms with van der Waals surface area (Å²) in [5, 5.41) is 2.83. The van der Waals surface area contributed by atoms with E-state index in [1.165, 1.54) is 0 Å². The lowest BCUT2D eigenvalue weighted by Gasteiger charge is -2.15. The molecule has 1 aliphatic heterocycles. The van der Waals surface area contributed by atoms with E-state index in [-0.39, 0.29) is 6.03 Å². The Morgan fingerprint density at radius 1 is 1.43 bits per heavy atom. The number of rotatable bonds is 4. The van der Waals surface area contributed by atoms with Crippen molar-refractivity contribution < 1.29 is 9.00 Å². The van der Waals surface area contributed by atoms with Crippen LogP contribution in [0.15, 0.2) is 0 Å². The Labute approximate surface area is 87.5 Å². The summed E-state index contributed by atoms with van der Waals surface area (Å²) in [6.07, 6.45) is 4.71. The van der Waals surface area contributed by atoms with E-state index >= 15 is 0 Å². The van der Waals surface area contributed by atoms with Crippen molar-refractivity contribution in [3.63, 3.8) is 0 Å². The predicted octanol–water partition coefficient (Wildman–Crippen LogP) is 0.560. The highest BCUT2D eigenvalue weighted by Crippen LogP contribution is 2.06. The maximum Gasteiger partial charge on any atom is 0.317 e. The molecule has 82 valence electrons. The smallest absolute Gasteiger partial charge is 0.317 e. The molecule has 1 fully saturated rings. The van der Waals surface area contributed by atoms with Gasteiger partial charge in [-0.1, -0.05) is 0 Å². The molecule has 1 N–H and O–H groups in total. The highest BCUT2D eigenvalue weighted by Gasteiger charge is 2.16. The van der Waals surface area contributed by atoms with Crippen LogP contribution < -0.4 is 5.32 Å². The molecular formula is C9H18N2O2S. The molecule has 1 heterocycles. The predicted molar refractivity (Wildman–Crippen MR) is 57.8 cm³/mol. The van der Waals surface area contributed by atoms with Crippen molar-refractivity contribution in [3.05, 3.63) is 0 Å². The summed E-state index contributed by atoms with van der Waals surface area (Å²) in [6, 6.07) is 0.0318. The number of nitrogens with zero attached hydrogens (tertiary/aromatic N) is 1. The van der Waals surface area contributed by atoms with Crippen molar-refractivity contribution >= 4 is 16.8 Å². The van der Waals surface area contributed by atoms with Crippen LogP contribution in [-0.4, -0.2) is 46.8 Å². The summed E-state index contributed by atoms with van der Waals surface area (Å²) in [5.41, 5.74) is 0. The van der Waals surface area contributed by atoms with Crippen molar-refractivity contribution in [2.75, 3.05) is 31.6 Å². The monoisotopic (exact) mass is 218 g/mol. The van der Waals surface area contributed by atoms with Crippen molar-refractivity contribution in [1.29, 1.82) is 0 Å². The minimum atomic E-state index is -0.747. The maximum absolute atomic E-state index is 11.4. The fourth-order valence-corrected chi connectivity index (χ4v) is 2.05. The number of amides is 2. The molecule has 1 aliphatic rings. The van der Waals surface area contributed by atoms with Crippen LogP contribution in [-0.2, 0) is 10.8 Å². The van der Waals surface area contributed by atoms with Gasteiger partial charge in [0, 0.05) is 42.4 Å². The van der Waals surface area contributed by atoms with Crippen LogP contribution in [0.3, 0.4) is 0 Å². The minimum absolute atomic E-state index is 0.0318. The minimum Gasteiger partial charge on any atom is -0.338 e. The molecule has 0 aliphatic carbocycles. The number of likely N-dealkylation sites (tertiary alicyclic amines) is 1. The average molecular weight is 218 g/mol. The number of urea groups is 1. The fraction of sp³-hybridized carbons (Fsp3) is 0.889. The molecule has 5 heteroatoms. The van der Waals surface area contributed by atoms with Gasteiger partial charge in [0.1, 0.15) is 0 Å². The van der Waals surface area contributed by atoms with Gasteiger partial charge in [0.25, 0.3) is 0 Å². The van der Waals surface area contributed by atoms with E-state index < -0.39 is 10.8 Å². The largest absolute Gasteiger partial charge is 0.338 e. The van der Waals surface area contributed by atoms with Crippen LogP contribution in [0.4, 0.5) is 4.79 Å². The summed E-state index contributed by atoms with van der Waals surface area (Å²) in [6.45, 7) is 2.39. The van der Waals surface area contributed by atoms with Gasteiger partial charge in [-0.2, -0.15) is 0 Å². The lowest BCUT2D eigenvalue weighted by Crippen LogP contribution is -2.38. The van der Waals surface area contributed by atoms with Gasteiger partial charge in [0.15, 0.2) is 0 Å². The van der Waals surface area contributed by atoms with E-state index in [4.69, 9.17) is 0 Å². The molecular weight excluding hydrogens is 200 g/mol. The second kappa shape index (κ2) is 6.01. The second-order valence-corrected chi connectivity index (χ2v) is 5.11. The third-order valence-corrected chi connectivity index (χ3v) is 3.14. The number of hydrogen-bond acceptors (Lipinski definition) is 2. The SMILES string of the molecule is CS(=O)CCCNC(=O)N1CCCC1. The summed E-state index contributed by atoms with van der Waals surface area (Å²) in [5.74, 6) is 0.667. The molecule has 0 aromatic rings. The zero-order valence-corrected chi connectivity index (χ0v) is 9.44. The Bertz CT molecular complexity index is 215. The molecule has 1 rings (SSSR count). The highest BCUT2D eigenvalue weighted by atomic mass is 32.2. The summed E-state index contributed by atoms with van der Waals surface area (Å²) >= 11 is 0. The molecule has 4 nitrogen and oxygen atoms in total. The number of carbonyl (C=O) groups excluding carboxylic acids is 1. The normalized spacial score (nSPS) is 18.2. The average Bonchev–Trinajstić information content (AvgIpc) is 2.64. The third kappa shape index (κ3) is 4.09. The zero-order valence-electron chi connectivity index (χ0n) is 8.62. The van der Waals surface area contributed by atoms with Crippen molar-refractivity contribution in [1.82, 2.24) is 10.2 Å². The first-order valence-electron chi connectivity index (χ1n) is 5.03. The summed E-state index contributed by atoms with van der Waals surface area (Å²) in [4.78, 5) is 13.3. The fourth-order valence-electron chi connectivity index (χ4n) is 1.50. The Morgan fingerprint density at radius 3 is 2.64 bits per heavy atom. The van der Waals surface area contributed by atoms with Crippen LogP contribution in [0.1, 0.15) is 19.3 Å². The Morgan fingerprint density at radius 2 is 2.07 bits per heavy atom. The lowest BCUT2D eigenvalue weighted by molar-refractivity contribution is 0.209. The standard InChI is InChI=1S/C9H18N2O2S/c1-14(13)8-4-5-10-9(12)11-6-2-3-7-11/h2-8H2,1H3,(H,10,12). The molecule has 0 bridgehead atoms.